The minimum atomic E-state index is -0.768. The first-order chi connectivity index (χ1) is 9.19. The van der Waals surface area contributed by atoms with Gasteiger partial charge in [0.1, 0.15) is 0 Å². The van der Waals surface area contributed by atoms with Crippen molar-refractivity contribution in [2.45, 2.75) is 55.2 Å². The van der Waals surface area contributed by atoms with Gasteiger partial charge >= 0.3 is 0 Å². The molecule has 2 atom stereocenters. The Hall–Kier alpha value is -0.610. The van der Waals surface area contributed by atoms with E-state index >= 15 is 0 Å². The zero-order valence-corrected chi connectivity index (χ0v) is 12.1. The molecule has 4 heteroatoms. The molecule has 2 rings (SSSR count). The summed E-state index contributed by atoms with van der Waals surface area (Å²) in [5.74, 6) is -1.52. The molecule has 19 heavy (non-hydrogen) atoms. The second kappa shape index (κ2) is 7.25. The third kappa shape index (κ3) is 4.46. The molecule has 1 aliphatic carbocycles. The van der Waals surface area contributed by atoms with Crippen LogP contribution in [0.1, 0.15) is 39.0 Å². The van der Waals surface area contributed by atoms with Crippen molar-refractivity contribution in [3.05, 3.63) is 29.8 Å². The monoisotopic (exact) mass is 285 g/mol. The third-order valence-electron chi connectivity index (χ3n) is 3.50. The van der Waals surface area contributed by atoms with Crippen LogP contribution < -0.4 is 5.32 Å². The number of hydrogen-bond donors (Lipinski definition) is 1. The number of benzene rings is 1. The van der Waals surface area contributed by atoms with Crippen molar-refractivity contribution in [2.75, 3.05) is 6.54 Å². The van der Waals surface area contributed by atoms with Crippen LogP contribution in [0.5, 0.6) is 0 Å². The Labute approximate surface area is 118 Å². The summed E-state index contributed by atoms with van der Waals surface area (Å²) in [5.41, 5.74) is 0. The van der Waals surface area contributed by atoms with Gasteiger partial charge in [-0.15, -0.1) is 11.8 Å². The normalized spacial score (nSPS) is 23.5. The fraction of sp³-hybridized carbons (Fsp3) is 0.600. The largest absolute Gasteiger partial charge is 0.314 e. The molecule has 0 radical (unpaired) electrons. The van der Waals surface area contributed by atoms with Crippen LogP contribution in [-0.4, -0.2) is 17.8 Å². The number of rotatable bonds is 5. The van der Waals surface area contributed by atoms with Crippen LogP contribution in [0, 0.1) is 11.6 Å². The first-order valence-electron chi connectivity index (χ1n) is 7.04. The van der Waals surface area contributed by atoms with E-state index in [1.54, 1.807) is 17.8 Å². The predicted molar refractivity (Wildman–Crippen MR) is 76.6 cm³/mol. The molecular formula is C15H21F2NS. The minimum Gasteiger partial charge on any atom is -0.314 e. The molecule has 0 saturated heterocycles. The average Bonchev–Trinajstić information content (AvgIpc) is 2.41. The Morgan fingerprint density at radius 3 is 2.84 bits per heavy atom. The van der Waals surface area contributed by atoms with Crippen molar-refractivity contribution in [1.82, 2.24) is 5.32 Å². The van der Waals surface area contributed by atoms with Gasteiger partial charge in [0.15, 0.2) is 11.6 Å². The molecule has 1 aromatic rings. The smallest absolute Gasteiger partial charge is 0.159 e. The van der Waals surface area contributed by atoms with Crippen LogP contribution in [0.3, 0.4) is 0 Å². The van der Waals surface area contributed by atoms with Crippen molar-refractivity contribution in [3.8, 4) is 0 Å². The molecule has 1 aliphatic rings. The van der Waals surface area contributed by atoms with E-state index < -0.39 is 11.6 Å². The van der Waals surface area contributed by atoms with Crippen LogP contribution in [0.25, 0.3) is 0 Å². The summed E-state index contributed by atoms with van der Waals surface area (Å²) in [6.45, 7) is 3.23. The second-order valence-corrected chi connectivity index (χ2v) is 6.51. The Morgan fingerprint density at radius 1 is 1.26 bits per heavy atom. The topological polar surface area (TPSA) is 12.0 Å². The van der Waals surface area contributed by atoms with Gasteiger partial charge in [0.2, 0.25) is 0 Å². The van der Waals surface area contributed by atoms with E-state index in [2.05, 4.69) is 12.2 Å². The van der Waals surface area contributed by atoms with Gasteiger partial charge in [-0.2, -0.15) is 0 Å². The highest BCUT2D eigenvalue weighted by atomic mass is 32.2. The van der Waals surface area contributed by atoms with Crippen molar-refractivity contribution in [3.63, 3.8) is 0 Å². The van der Waals surface area contributed by atoms with E-state index in [1.165, 1.54) is 25.0 Å². The standard InChI is InChI=1S/C15H21F2NS/c1-2-8-18-11-4-3-5-12(9-11)19-13-6-7-14(16)15(17)10-13/h6-7,10-12,18H,2-5,8-9H2,1H3. The molecule has 106 valence electrons. The number of halogens is 2. The summed E-state index contributed by atoms with van der Waals surface area (Å²) in [7, 11) is 0. The van der Waals surface area contributed by atoms with Gasteiger partial charge in [-0.25, -0.2) is 8.78 Å². The number of thioether (sulfide) groups is 1. The Morgan fingerprint density at radius 2 is 2.11 bits per heavy atom. The lowest BCUT2D eigenvalue weighted by molar-refractivity contribution is 0.381. The summed E-state index contributed by atoms with van der Waals surface area (Å²) >= 11 is 1.68. The molecule has 0 amide bonds. The maximum absolute atomic E-state index is 13.2. The quantitative estimate of drug-likeness (QED) is 0.862. The summed E-state index contributed by atoms with van der Waals surface area (Å²) in [5, 5.41) is 4.07. The first-order valence-corrected chi connectivity index (χ1v) is 7.92. The Bertz CT molecular complexity index is 411. The van der Waals surface area contributed by atoms with Crippen LogP contribution in [-0.2, 0) is 0 Å². The molecule has 1 aromatic carbocycles. The molecule has 0 aliphatic heterocycles. The molecule has 1 saturated carbocycles. The van der Waals surface area contributed by atoms with E-state index in [9.17, 15) is 8.78 Å². The van der Waals surface area contributed by atoms with E-state index in [0.717, 1.165) is 30.7 Å². The van der Waals surface area contributed by atoms with Crippen molar-refractivity contribution in [2.24, 2.45) is 0 Å². The van der Waals surface area contributed by atoms with E-state index in [-0.39, 0.29) is 0 Å². The maximum atomic E-state index is 13.2. The van der Waals surface area contributed by atoms with Gasteiger partial charge in [0, 0.05) is 16.2 Å². The highest BCUT2D eigenvalue weighted by molar-refractivity contribution is 8.00. The predicted octanol–water partition coefficient (Wildman–Crippen LogP) is 4.37. The van der Waals surface area contributed by atoms with E-state index in [1.807, 2.05) is 0 Å². The lowest BCUT2D eigenvalue weighted by atomic mass is 9.95. The molecule has 0 spiro atoms. The fourth-order valence-electron chi connectivity index (χ4n) is 2.53. The average molecular weight is 285 g/mol. The van der Waals surface area contributed by atoms with E-state index in [4.69, 9.17) is 0 Å². The fourth-order valence-corrected chi connectivity index (χ4v) is 3.84. The van der Waals surface area contributed by atoms with Gasteiger partial charge < -0.3 is 5.32 Å². The van der Waals surface area contributed by atoms with Crippen molar-refractivity contribution < 1.29 is 8.78 Å². The van der Waals surface area contributed by atoms with Gasteiger partial charge in [0.25, 0.3) is 0 Å². The minimum absolute atomic E-state index is 0.507. The number of hydrogen-bond acceptors (Lipinski definition) is 2. The molecule has 0 bridgehead atoms. The highest BCUT2D eigenvalue weighted by Gasteiger charge is 2.22. The summed E-state index contributed by atoms with van der Waals surface area (Å²) in [6, 6.07) is 4.78. The van der Waals surface area contributed by atoms with E-state index in [0.29, 0.717) is 11.3 Å². The Balaban J connectivity index is 1.89. The zero-order chi connectivity index (χ0) is 13.7. The highest BCUT2D eigenvalue weighted by Crippen LogP contribution is 2.34. The number of nitrogens with one attached hydrogen (secondary N) is 1. The van der Waals surface area contributed by atoms with Gasteiger partial charge in [-0.1, -0.05) is 13.3 Å². The SMILES string of the molecule is CCCNC1CCCC(Sc2ccc(F)c(F)c2)C1. The molecule has 0 heterocycles. The lowest BCUT2D eigenvalue weighted by Crippen LogP contribution is -2.35. The van der Waals surface area contributed by atoms with Crippen molar-refractivity contribution >= 4 is 11.8 Å². The molecule has 1 N–H and O–H groups in total. The van der Waals surface area contributed by atoms with Gasteiger partial charge in [0.05, 0.1) is 0 Å². The maximum Gasteiger partial charge on any atom is 0.159 e. The summed E-state index contributed by atoms with van der Waals surface area (Å²) < 4.78 is 26.1. The molecule has 2 unspecified atom stereocenters. The van der Waals surface area contributed by atoms with Crippen LogP contribution in [0.2, 0.25) is 0 Å². The van der Waals surface area contributed by atoms with Gasteiger partial charge in [-0.3, -0.25) is 0 Å². The first kappa shape index (κ1) is 14.8. The molecular weight excluding hydrogens is 264 g/mol. The molecule has 1 nitrogen and oxygen atoms in total. The third-order valence-corrected chi connectivity index (χ3v) is 4.79. The van der Waals surface area contributed by atoms with Crippen LogP contribution in [0.15, 0.2) is 23.1 Å². The lowest BCUT2D eigenvalue weighted by Gasteiger charge is -2.29. The second-order valence-electron chi connectivity index (χ2n) is 5.13. The van der Waals surface area contributed by atoms with Crippen LogP contribution in [0.4, 0.5) is 8.78 Å². The Kier molecular flexibility index (Phi) is 5.64. The summed E-state index contributed by atoms with van der Waals surface area (Å²) in [6.07, 6.45) is 5.87. The zero-order valence-electron chi connectivity index (χ0n) is 11.3. The van der Waals surface area contributed by atoms with Crippen molar-refractivity contribution in [1.29, 1.82) is 0 Å². The van der Waals surface area contributed by atoms with Gasteiger partial charge in [-0.05, 0) is 50.4 Å². The molecule has 0 aromatic heterocycles. The summed E-state index contributed by atoms with van der Waals surface area (Å²) in [4.78, 5) is 0.833. The molecule has 1 fully saturated rings. The van der Waals surface area contributed by atoms with Crippen LogP contribution >= 0.6 is 11.8 Å².